The van der Waals surface area contributed by atoms with Gasteiger partial charge in [0.1, 0.15) is 0 Å². The molecular formula is C14H31BO3Si. The summed E-state index contributed by atoms with van der Waals surface area (Å²) in [4.78, 5) is 0. The molecule has 0 aromatic carbocycles. The maximum atomic E-state index is 8.84. The van der Waals surface area contributed by atoms with Crippen LogP contribution in [0.25, 0.3) is 0 Å². The lowest BCUT2D eigenvalue weighted by atomic mass is 9.91. The predicted molar refractivity (Wildman–Crippen MR) is 85.5 cm³/mol. The minimum absolute atomic E-state index is 0.191. The summed E-state index contributed by atoms with van der Waals surface area (Å²) in [6.07, 6.45) is 6.10. The molecule has 19 heavy (non-hydrogen) atoms. The van der Waals surface area contributed by atoms with Gasteiger partial charge < -0.3 is 14.5 Å². The second kappa shape index (κ2) is 8.25. The highest BCUT2D eigenvalue weighted by molar-refractivity contribution is 6.74. The second-order valence-electron chi connectivity index (χ2n) is 6.72. The first-order valence-corrected chi connectivity index (χ1v) is 10.2. The van der Waals surface area contributed by atoms with E-state index in [1.54, 1.807) is 0 Å². The summed E-state index contributed by atoms with van der Waals surface area (Å²) in [5, 5.41) is 17.9. The third kappa shape index (κ3) is 7.92. The molecule has 0 fully saturated rings. The number of unbranched alkanes of at least 4 members (excludes halogenated alkanes) is 1. The van der Waals surface area contributed by atoms with Gasteiger partial charge in [-0.2, -0.15) is 0 Å². The molecular weight excluding hydrogens is 255 g/mol. The predicted octanol–water partition coefficient (Wildman–Crippen LogP) is 3.53. The van der Waals surface area contributed by atoms with E-state index < -0.39 is 15.4 Å². The molecule has 1 unspecified atom stereocenters. The molecule has 2 N–H and O–H groups in total. The highest BCUT2D eigenvalue weighted by Gasteiger charge is 2.38. The summed E-state index contributed by atoms with van der Waals surface area (Å²) in [7, 11) is -3.12. The van der Waals surface area contributed by atoms with Gasteiger partial charge in [0.25, 0.3) is 0 Å². The van der Waals surface area contributed by atoms with E-state index in [-0.39, 0.29) is 11.1 Å². The van der Waals surface area contributed by atoms with Crippen LogP contribution < -0.4 is 0 Å². The maximum Gasteiger partial charge on any atom is 0.480 e. The first-order valence-electron chi connectivity index (χ1n) is 7.30. The monoisotopic (exact) mass is 286 g/mol. The van der Waals surface area contributed by atoms with Crippen molar-refractivity contribution in [3.8, 4) is 0 Å². The summed E-state index contributed by atoms with van der Waals surface area (Å²) < 4.78 is 6.41. The summed E-state index contributed by atoms with van der Waals surface area (Å²) >= 11 is 0. The van der Waals surface area contributed by atoms with E-state index in [1.165, 1.54) is 5.98 Å². The standard InChI is InChI=1S/C14H31BO3Si/c1-7-8-10-13(11-9-12-15(16)17)18-19(5,6)14(2,3)4/h9,12-13,16-17H,7-8,10-11H2,1-6H3/b12-9+. The van der Waals surface area contributed by atoms with Gasteiger partial charge in [0, 0.05) is 6.10 Å². The Morgan fingerprint density at radius 1 is 1.26 bits per heavy atom. The molecule has 0 aromatic heterocycles. The summed E-state index contributed by atoms with van der Waals surface area (Å²) in [6, 6.07) is 0. The summed E-state index contributed by atoms with van der Waals surface area (Å²) in [6.45, 7) is 13.4. The molecule has 0 spiro atoms. The smallest absolute Gasteiger partial charge is 0.424 e. The van der Waals surface area contributed by atoms with Crippen LogP contribution in [0, 0.1) is 0 Å². The molecule has 0 bridgehead atoms. The largest absolute Gasteiger partial charge is 0.480 e. The SMILES string of the molecule is CCCCC(C/C=C/B(O)O)O[Si](C)(C)C(C)(C)C. The average Bonchev–Trinajstić information content (AvgIpc) is 2.23. The van der Waals surface area contributed by atoms with Crippen molar-refractivity contribution in [2.75, 3.05) is 0 Å². The minimum Gasteiger partial charge on any atom is -0.424 e. The van der Waals surface area contributed by atoms with Crippen molar-refractivity contribution in [2.45, 2.75) is 77.6 Å². The van der Waals surface area contributed by atoms with Crippen LogP contribution in [0.5, 0.6) is 0 Å². The molecule has 5 heteroatoms. The Balaban J connectivity index is 4.58. The van der Waals surface area contributed by atoms with E-state index in [0.29, 0.717) is 0 Å². The summed E-state index contributed by atoms with van der Waals surface area (Å²) in [5.74, 6) is 1.41. The Kier molecular flexibility index (Phi) is 8.20. The van der Waals surface area contributed by atoms with E-state index in [2.05, 4.69) is 40.8 Å². The van der Waals surface area contributed by atoms with Crippen LogP contribution in [0.2, 0.25) is 18.1 Å². The van der Waals surface area contributed by atoms with Crippen LogP contribution in [0.4, 0.5) is 0 Å². The van der Waals surface area contributed by atoms with Crippen LogP contribution in [-0.4, -0.2) is 31.6 Å². The lowest BCUT2D eigenvalue weighted by Gasteiger charge is -2.39. The third-order valence-corrected chi connectivity index (χ3v) is 8.39. The first-order chi connectivity index (χ1) is 8.60. The number of hydrogen-bond acceptors (Lipinski definition) is 3. The summed E-state index contributed by atoms with van der Waals surface area (Å²) in [5.41, 5.74) is 0. The molecule has 0 aliphatic heterocycles. The van der Waals surface area contributed by atoms with E-state index in [9.17, 15) is 0 Å². The Labute approximate surface area is 120 Å². The van der Waals surface area contributed by atoms with Crippen molar-refractivity contribution in [1.82, 2.24) is 0 Å². The van der Waals surface area contributed by atoms with Gasteiger partial charge >= 0.3 is 7.12 Å². The van der Waals surface area contributed by atoms with Crippen LogP contribution in [0.15, 0.2) is 12.1 Å². The number of rotatable bonds is 8. The van der Waals surface area contributed by atoms with Crippen LogP contribution >= 0.6 is 0 Å². The maximum absolute atomic E-state index is 8.84. The molecule has 0 aromatic rings. The van der Waals surface area contributed by atoms with Gasteiger partial charge in [-0.3, -0.25) is 0 Å². The van der Waals surface area contributed by atoms with Gasteiger partial charge in [-0.1, -0.05) is 52.6 Å². The van der Waals surface area contributed by atoms with Gasteiger partial charge in [-0.25, -0.2) is 0 Å². The van der Waals surface area contributed by atoms with Crippen LogP contribution in [-0.2, 0) is 4.43 Å². The number of hydrogen-bond donors (Lipinski definition) is 2. The van der Waals surface area contributed by atoms with Crippen LogP contribution in [0.1, 0.15) is 53.4 Å². The molecule has 0 radical (unpaired) electrons. The lowest BCUT2D eigenvalue weighted by Crippen LogP contribution is -2.43. The van der Waals surface area contributed by atoms with Gasteiger partial charge in [-0.05, 0) is 31.0 Å². The zero-order valence-corrected chi connectivity index (χ0v) is 14.4. The minimum atomic E-state index is -1.75. The van der Waals surface area contributed by atoms with Gasteiger partial charge in [0.2, 0.25) is 0 Å². The van der Waals surface area contributed by atoms with E-state index in [4.69, 9.17) is 14.5 Å². The molecule has 0 saturated carbocycles. The molecule has 0 heterocycles. The Morgan fingerprint density at radius 2 is 1.84 bits per heavy atom. The molecule has 0 rings (SSSR count). The van der Waals surface area contributed by atoms with E-state index in [1.807, 2.05) is 6.08 Å². The van der Waals surface area contributed by atoms with Crippen molar-refractivity contribution < 1.29 is 14.5 Å². The van der Waals surface area contributed by atoms with Crippen molar-refractivity contribution in [3.05, 3.63) is 12.1 Å². The average molecular weight is 286 g/mol. The Morgan fingerprint density at radius 3 is 2.26 bits per heavy atom. The molecule has 3 nitrogen and oxygen atoms in total. The Bertz CT molecular complexity index is 272. The Hall–Kier alpha value is -0.0982. The molecule has 0 amide bonds. The van der Waals surface area contributed by atoms with Gasteiger partial charge in [-0.15, -0.1) is 0 Å². The zero-order chi connectivity index (χ0) is 15.1. The molecule has 112 valence electrons. The highest BCUT2D eigenvalue weighted by Crippen LogP contribution is 2.38. The molecule has 0 aliphatic carbocycles. The normalized spacial score (nSPS) is 14.9. The van der Waals surface area contributed by atoms with Crippen LogP contribution in [0.3, 0.4) is 0 Å². The van der Waals surface area contributed by atoms with Gasteiger partial charge in [0.15, 0.2) is 8.32 Å². The van der Waals surface area contributed by atoms with Crippen molar-refractivity contribution in [1.29, 1.82) is 0 Å². The molecule has 0 aliphatic rings. The topological polar surface area (TPSA) is 49.7 Å². The second-order valence-corrected chi connectivity index (χ2v) is 11.5. The van der Waals surface area contributed by atoms with Crippen molar-refractivity contribution in [3.63, 3.8) is 0 Å². The molecule has 0 saturated heterocycles. The van der Waals surface area contributed by atoms with Crippen molar-refractivity contribution in [2.24, 2.45) is 0 Å². The first kappa shape index (κ1) is 18.9. The fourth-order valence-corrected chi connectivity index (χ4v) is 3.00. The fourth-order valence-electron chi connectivity index (χ4n) is 1.60. The van der Waals surface area contributed by atoms with E-state index >= 15 is 0 Å². The zero-order valence-electron chi connectivity index (χ0n) is 13.4. The highest BCUT2D eigenvalue weighted by atomic mass is 28.4. The quantitative estimate of drug-likeness (QED) is 0.671. The third-order valence-electron chi connectivity index (χ3n) is 3.85. The van der Waals surface area contributed by atoms with Crippen molar-refractivity contribution >= 4 is 15.4 Å². The lowest BCUT2D eigenvalue weighted by molar-refractivity contribution is 0.170. The van der Waals surface area contributed by atoms with Gasteiger partial charge in [0.05, 0.1) is 0 Å². The van der Waals surface area contributed by atoms with E-state index in [0.717, 1.165) is 25.7 Å². The fraction of sp³-hybridized carbons (Fsp3) is 0.857. The molecule has 1 atom stereocenters.